The Labute approximate surface area is 164 Å². The summed E-state index contributed by atoms with van der Waals surface area (Å²) in [6.45, 7) is 0.492. The SMILES string of the molecule is B[PH]1(O)OC[C@H]2O[C@@H](n3cnc4c(=O)[nH]c(N)nc43)C(OC(=O)NCCN)[C@H]2O1. The molecule has 0 aliphatic carbocycles. The van der Waals surface area contributed by atoms with E-state index in [1.54, 1.807) is 0 Å². The van der Waals surface area contributed by atoms with Crippen LogP contribution in [0.1, 0.15) is 6.23 Å². The number of nitrogen functional groups attached to an aromatic ring is 1. The second-order valence-corrected chi connectivity index (χ2v) is 9.04. The Kier molecular flexibility index (Phi) is 5.19. The molecule has 16 heteroatoms. The number of carbonyl (C=O) groups is 1. The number of H-pyrrole nitrogens is 1. The monoisotopic (exact) mass is 429 g/mol. The molecule has 4 rings (SSSR count). The summed E-state index contributed by atoms with van der Waals surface area (Å²) in [4.78, 5) is 45.0. The fourth-order valence-electron chi connectivity index (χ4n) is 3.33. The van der Waals surface area contributed by atoms with Gasteiger partial charge in [0.2, 0.25) is 0 Å². The van der Waals surface area contributed by atoms with Crippen molar-refractivity contribution in [3.8, 4) is 0 Å². The summed E-state index contributed by atoms with van der Waals surface area (Å²) in [7, 11) is -1.95. The van der Waals surface area contributed by atoms with Crippen molar-refractivity contribution in [2.75, 3.05) is 25.4 Å². The normalized spacial score (nSPS) is 29.3. The number of imidazole rings is 1. The topological polar surface area (TPSA) is 202 Å². The van der Waals surface area contributed by atoms with Crippen molar-refractivity contribution in [3.63, 3.8) is 0 Å². The Morgan fingerprint density at radius 3 is 3.14 bits per heavy atom. The Balaban J connectivity index is 1.71. The second kappa shape index (κ2) is 7.52. The molecule has 1 unspecified atom stereocenters. The number of fused-ring (bicyclic) bond motifs is 2. The third-order valence-corrected chi connectivity index (χ3v) is 5.95. The van der Waals surface area contributed by atoms with Crippen LogP contribution in [-0.4, -0.2) is 76.1 Å². The summed E-state index contributed by atoms with van der Waals surface area (Å²) >= 11 is 0. The molecular formula is C13H21BN7O7P. The first-order chi connectivity index (χ1) is 13.8. The average Bonchev–Trinajstić information content (AvgIpc) is 3.21. The molecule has 7 N–H and O–H groups in total. The van der Waals surface area contributed by atoms with Crippen LogP contribution in [0.15, 0.2) is 11.1 Å². The molecule has 158 valence electrons. The number of hydrogen-bond donors (Lipinski definition) is 5. The van der Waals surface area contributed by atoms with Crippen LogP contribution < -0.4 is 22.3 Å². The van der Waals surface area contributed by atoms with Crippen molar-refractivity contribution in [1.29, 1.82) is 0 Å². The van der Waals surface area contributed by atoms with Crippen molar-refractivity contribution >= 4 is 38.6 Å². The van der Waals surface area contributed by atoms with Crippen LogP contribution in [-0.2, 0) is 18.5 Å². The number of ether oxygens (including phenoxy) is 2. The van der Waals surface area contributed by atoms with Gasteiger partial charge in [-0.05, 0) is 0 Å². The molecule has 0 spiro atoms. The quantitative estimate of drug-likeness (QED) is 0.247. The number of nitrogens with one attached hydrogen (secondary N) is 2. The summed E-state index contributed by atoms with van der Waals surface area (Å²) in [6.07, 6.45) is -2.76. The van der Waals surface area contributed by atoms with Crippen LogP contribution >= 0.6 is 7.82 Å². The molecule has 0 bridgehead atoms. The van der Waals surface area contributed by atoms with Gasteiger partial charge in [0, 0.05) is 0 Å². The van der Waals surface area contributed by atoms with Gasteiger partial charge < -0.3 is 0 Å². The number of nitrogens with two attached hydrogens (primary N) is 2. The van der Waals surface area contributed by atoms with Crippen LogP contribution in [0.4, 0.5) is 10.7 Å². The predicted molar refractivity (Wildman–Crippen MR) is 104 cm³/mol. The molecule has 2 fully saturated rings. The zero-order valence-corrected chi connectivity index (χ0v) is 16.4. The fourth-order valence-corrected chi connectivity index (χ4v) is 4.66. The molecule has 2 aromatic rings. The molecular weight excluding hydrogens is 408 g/mol. The Morgan fingerprint density at radius 2 is 2.38 bits per heavy atom. The van der Waals surface area contributed by atoms with Gasteiger partial charge in [-0.15, -0.1) is 0 Å². The Morgan fingerprint density at radius 1 is 1.59 bits per heavy atom. The average molecular weight is 429 g/mol. The summed E-state index contributed by atoms with van der Waals surface area (Å²) in [5, 5.41) is 2.50. The number of rotatable bonds is 4. The number of anilines is 1. The van der Waals surface area contributed by atoms with E-state index in [0.29, 0.717) is 0 Å². The number of aromatic amines is 1. The number of aromatic nitrogens is 4. The molecule has 0 saturated carbocycles. The molecule has 2 saturated heterocycles. The number of alkyl carbamates (subject to hydrolysis) is 1. The maximum absolute atomic E-state index is 12.2. The first kappa shape index (κ1) is 20.0. The molecule has 14 nitrogen and oxygen atoms in total. The van der Waals surface area contributed by atoms with E-state index in [-0.39, 0.29) is 36.8 Å². The second-order valence-electron chi connectivity index (χ2n) is 6.72. The van der Waals surface area contributed by atoms with Gasteiger partial charge in [0.15, 0.2) is 0 Å². The van der Waals surface area contributed by atoms with Crippen LogP contribution in [0.25, 0.3) is 11.2 Å². The van der Waals surface area contributed by atoms with Crippen molar-refractivity contribution in [2.24, 2.45) is 5.73 Å². The van der Waals surface area contributed by atoms with Crippen LogP contribution in [0.2, 0.25) is 0 Å². The fraction of sp³-hybridized carbons (Fsp3) is 0.538. The van der Waals surface area contributed by atoms with E-state index >= 15 is 0 Å². The van der Waals surface area contributed by atoms with E-state index in [1.807, 2.05) is 0 Å². The molecule has 4 heterocycles. The van der Waals surface area contributed by atoms with E-state index in [4.69, 9.17) is 30.0 Å². The van der Waals surface area contributed by atoms with Crippen LogP contribution in [0.3, 0.4) is 0 Å². The van der Waals surface area contributed by atoms with E-state index in [2.05, 4.69) is 20.3 Å². The van der Waals surface area contributed by atoms with E-state index in [0.717, 1.165) is 0 Å². The number of carbonyl (C=O) groups excluding carboxylic acids is 1. The molecule has 0 radical (unpaired) electrons. The molecule has 2 aliphatic rings. The van der Waals surface area contributed by atoms with E-state index in [9.17, 15) is 14.5 Å². The maximum atomic E-state index is 12.2. The third-order valence-electron chi connectivity index (χ3n) is 4.54. The summed E-state index contributed by atoms with van der Waals surface area (Å²) in [5.41, 5.74) is 10.7. The minimum atomic E-state index is -3.41. The molecule has 2 aromatic heterocycles. The van der Waals surface area contributed by atoms with Gasteiger partial charge >= 0.3 is 164 Å². The summed E-state index contributed by atoms with van der Waals surface area (Å²) < 4.78 is 24.0. The molecule has 1 amide bonds. The van der Waals surface area contributed by atoms with Gasteiger partial charge in [-0.25, -0.2) is 0 Å². The predicted octanol–water partition coefficient (Wildman–Crippen LogP) is -2.90. The zero-order valence-electron chi connectivity index (χ0n) is 15.4. The van der Waals surface area contributed by atoms with Crippen molar-refractivity contribution < 1.29 is 28.2 Å². The van der Waals surface area contributed by atoms with Gasteiger partial charge in [0.25, 0.3) is 0 Å². The number of amides is 1. The van der Waals surface area contributed by atoms with Gasteiger partial charge in [0.1, 0.15) is 0 Å². The number of nitrogens with zero attached hydrogens (tertiary/aromatic N) is 3. The van der Waals surface area contributed by atoms with E-state index < -0.39 is 44.0 Å². The molecule has 0 aromatic carbocycles. The summed E-state index contributed by atoms with van der Waals surface area (Å²) in [5.74, 6) is -0.104. The Bertz CT molecular complexity index is 984. The van der Waals surface area contributed by atoms with Crippen molar-refractivity contribution in [2.45, 2.75) is 24.5 Å². The van der Waals surface area contributed by atoms with Gasteiger partial charge in [-0.2, -0.15) is 0 Å². The summed E-state index contributed by atoms with van der Waals surface area (Å²) in [6, 6.07) is 0. The van der Waals surface area contributed by atoms with E-state index in [1.165, 1.54) is 18.5 Å². The molecule has 2 aliphatic heterocycles. The third kappa shape index (κ3) is 3.80. The van der Waals surface area contributed by atoms with Crippen molar-refractivity contribution in [3.05, 3.63) is 16.7 Å². The standard InChI is InChI=1S/C13H21BN7O7P/c14-29(24)25-3-5-7(28-29)8(27-13(23)17-2-1-15)11(26-5)21-4-18-6-9(21)19-12(16)20-10(6)22/h4-5,7-8,11,24,29H,1-3,14-15H2,(H,17,23)(H3,16,19,20,22)/t5-,7+,8?,11-/m1/s1. The van der Waals surface area contributed by atoms with Crippen molar-refractivity contribution in [1.82, 2.24) is 24.8 Å². The van der Waals surface area contributed by atoms with Gasteiger partial charge in [0.05, 0.1) is 0 Å². The Hall–Kier alpha value is -2.29. The van der Waals surface area contributed by atoms with Gasteiger partial charge in [-0.1, -0.05) is 0 Å². The number of hydrogen-bond acceptors (Lipinski definition) is 11. The first-order valence-corrected chi connectivity index (χ1v) is 11.1. The van der Waals surface area contributed by atoms with Gasteiger partial charge in [-0.3, -0.25) is 0 Å². The molecule has 29 heavy (non-hydrogen) atoms. The minimum absolute atomic E-state index is 0.0440. The first-order valence-electron chi connectivity index (χ1n) is 8.85. The zero-order chi connectivity index (χ0) is 20.8. The van der Waals surface area contributed by atoms with Crippen LogP contribution in [0, 0.1) is 0 Å². The van der Waals surface area contributed by atoms with Crippen LogP contribution in [0.5, 0.6) is 0 Å². The molecule has 4 atom stereocenters.